The van der Waals surface area contributed by atoms with Crippen LogP contribution in [-0.4, -0.2) is 20.7 Å². The first-order valence-corrected chi connectivity index (χ1v) is 4.87. The summed E-state index contributed by atoms with van der Waals surface area (Å²) in [7, 11) is 1.74. The number of rotatable bonds is 2. The number of hydrogen-bond acceptors (Lipinski definition) is 3. The molecule has 2 aromatic heterocycles. The van der Waals surface area contributed by atoms with Crippen LogP contribution in [0.3, 0.4) is 0 Å². The maximum Gasteiger partial charge on any atom is 0.329 e. The van der Waals surface area contributed by atoms with E-state index >= 15 is 0 Å². The average Bonchev–Trinajstić information content (AvgIpc) is 2.52. The zero-order chi connectivity index (χ0) is 11.0. The van der Waals surface area contributed by atoms with Gasteiger partial charge in [-0.3, -0.25) is 14.1 Å². The van der Waals surface area contributed by atoms with Crippen molar-refractivity contribution in [3.63, 3.8) is 0 Å². The summed E-state index contributed by atoms with van der Waals surface area (Å²) in [5, 5.41) is 0. The number of aromatic nitrogens is 3. The van der Waals surface area contributed by atoms with E-state index in [0.29, 0.717) is 6.54 Å². The molecule has 2 heterocycles. The summed E-state index contributed by atoms with van der Waals surface area (Å²) < 4.78 is 3.30. The van der Waals surface area contributed by atoms with E-state index in [2.05, 4.69) is 4.98 Å². The lowest BCUT2D eigenvalue weighted by Gasteiger charge is -2.09. The minimum absolute atomic E-state index is 0.00333. The molecular formula is C10H14N4O. The quantitative estimate of drug-likeness (QED) is 0.766. The molecule has 15 heavy (non-hydrogen) atoms. The topological polar surface area (TPSA) is 65.8 Å². The SMILES string of the molecule is CC(CN)n1c(=O)n(C)c2cnccc21. The van der Waals surface area contributed by atoms with Crippen molar-refractivity contribution in [2.75, 3.05) is 6.54 Å². The molecule has 2 rings (SSSR count). The summed E-state index contributed by atoms with van der Waals surface area (Å²) in [6.07, 6.45) is 3.37. The zero-order valence-electron chi connectivity index (χ0n) is 8.84. The van der Waals surface area contributed by atoms with E-state index < -0.39 is 0 Å². The van der Waals surface area contributed by atoms with Gasteiger partial charge in [0.1, 0.15) is 0 Å². The maximum atomic E-state index is 11.9. The molecule has 80 valence electrons. The fourth-order valence-electron chi connectivity index (χ4n) is 1.74. The molecule has 2 N–H and O–H groups in total. The van der Waals surface area contributed by atoms with Crippen molar-refractivity contribution in [2.45, 2.75) is 13.0 Å². The Labute approximate surface area is 87.1 Å². The third-order valence-electron chi connectivity index (χ3n) is 2.67. The molecule has 0 aliphatic carbocycles. The lowest BCUT2D eigenvalue weighted by atomic mass is 10.3. The minimum atomic E-state index is -0.0454. The molecule has 1 atom stereocenters. The first-order chi connectivity index (χ1) is 7.16. The van der Waals surface area contributed by atoms with Crippen LogP contribution in [0.2, 0.25) is 0 Å². The maximum absolute atomic E-state index is 11.9. The second kappa shape index (κ2) is 3.51. The standard InChI is InChI=1S/C10H14N4O/c1-7(5-11)14-8-3-4-12-6-9(8)13(2)10(14)15/h3-4,6-7H,5,11H2,1-2H3. The van der Waals surface area contributed by atoms with E-state index in [9.17, 15) is 4.79 Å². The summed E-state index contributed by atoms with van der Waals surface area (Å²) in [6, 6.07) is 1.84. The summed E-state index contributed by atoms with van der Waals surface area (Å²) >= 11 is 0. The Morgan fingerprint density at radius 2 is 2.27 bits per heavy atom. The lowest BCUT2D eigenvalue weighted by molar-refractivity contribution is 0.546. The molecule has 1 unspecified atom stereocenters. The summed E-state index contributed by atoms with van der Waals surface area (Å²) in [6.45, 7) is 2.38. The van der Waals surface area contributed by atoms with Crippen molar-refractivity contribution in [1.29, 1.82) is 0 Å². The van der Waals surface area contributed by atoms with Gasteiger partial charge in [0.25, 0.3) is 0 Å². The van der Waals surface area contributed by atoms with Gasteiger partial charge in [-0.05, 0) is 13.0 Å². The van der Waals surface area contributed by atoms with Gasteiger partial charge < -0.3 is 5.73 Å². The van der Waals surface area contributed by atoms with Crippen LogP contribution in [0.25, 0.3) is 11.0 Å². The Hall–Kier alpha value is -1.62. The highest BCUT2D eigenvalue weighted by molar-refractivity contribution is 5.74. The monoisotopic (exact) mass is 206 g/mol. The van der Waals surface area contributed by atoms with Gasteiger partial charge in [0.2, 0.25) is 0 Å². The van der Waals surface area contributed by atoms with Crippen molar-refractivity contribution in [1.82, 2.24) is 14.1 Å². The number of pyridine rings is 1. The van der Waals surface area contributed by atoms with Crippen LogP contribution in [0.4, 0.5) is 0 Å². The highest BCUT2D eigenvalue weighted by Gasteiger charge is 2.13. The Balaban J connectivity index is 2.84. The number of nitrogens with zero attached hydrogens (tertiary/aromatic N) is 3. The van der Waals surface area contributed by atoms with Crippen LogP contribution in [0.5, 0.6) is 0 Å². The molecule has 0 aliphatic rings. The van der Waals surface area contributed by atoms with Gasteiger partial charge >= 0.3 is 5.69 Å². The van der Waals surface area contributed by atoms with Gasteiger partial charge in [0, 0.05) is 25.8 Å². The van der Waals surface area contributed by atoms with Crippen LogP contribution < -0.4 is 11.4 Å². The fourth-order valence-corrected chi connectivity index (χ4v) is 1.74. The normalized spacial score (nSPS) is 13.3. The van der Waals surface area contributed by atoms with Crippen molar-refractivity contribution in [3.8, 4) is 0 Å². The van der Waals surface area contributed by atoms with E-state index in [4.69, 9.17) is 5.73 Å². The third kappa shape index (κ3) is 1.35. The van der Waals surface area contributed by atoms with Crippen molar-refractivity contribution < 1.29 is 0 Å². The Kier molecular flexibility index (Phi) is 2.32. The first kappa shape index (κ1) is 9.92. The molecular weight excluding hydrogens is 192 g/mol. The number of hydrogen-bond donors (Lipinski definition) is 1. The van der Waals surface area contributed by atoms with Crippen molar-refractivity contribution in [2.24, 2.45) is 12.8 Å². The molecule has 0 spiro atoms. The van der Waals surface area contributed by atoms with Gasteiger partial charge in [0.15, 0.2) is 0 Å². The Bertz CT molecular complexity index is 540. The smallest absolute Gasteiger partial charge is 0.328 e. The van der Waals surface area contributed by atoms with Gasteiger partial charge in [0.05, 0.1) is 17.2 Å². The minimum Gasteiger partial charge on any atom is -0.328 e. The molecule has 0 fully saturated rings. The highest BCUT2D eigenvalue weighted by Crippen LogP contribution is 2.13. The number of nitrogens with two attached hydrogens (primary N) is 1. The van der Waals surface area contributed by atoms with Crippen molar-refractivity contribution in [3.05, 3.63) is 28.9 Å². The highest BCUT2D eigenvalue weighted by atomic mass is 16.1. The third-order valence-corrected chi connectivity index (χ3v) is 2.67. The van der Waals surface area contributed by atoms with Crippen LogP contribution in [0, 0.1) is 0 Å². The second-order valence-corrected chi connectivity index (χ2v) is 3.66. The molecule has 0 bridgehead atoms. The molecule has 0 radical (unpaired) electrons. The van der Waals surface area contributed by atoms with Gasteiger partial charge in [-0.15, -0.1) is 0 Å². The molecule has 0 aliphatic heterocycles. The Morgan fingerprint density at radius 1 is 1.53 bits per heavy atom. The molecule has 0 saturated carbocycles. The second-order valence-electron chi connectivity index (χ2n) is 3.66. The van der Waals surface area contributed by atoms with E-state index in [1.807, 2.05) is 13.0 Å². The molecule has 0 aromatic carbocycles. The largest absolute Gasteiger partial charge is 0.329 e. The predicted octanol–water partition coefficient (Wildman–Crippen LogP) is 0.255. The van der Waals surface area contributed by atoms with Gasteiger partial charge in [-0.25, -0.2) is 4.79 Å². The van der Waals surface area contributed by atoms with Crippen LogP contribution in [0.15, 0.2) is 23.3 Å². The first-order valence-electron chi connectivity index (χ1n) is 4.87. The number of aryl methyl sites for hydroxylation is 1. The average molecular weight is 206 g/mol. The van der Waals surface area contributed by atoms with Crippen LogP contribution in [0.1, 0.15) is 13.0 Å². The molecule has 0 amide bonds. The summed E-state index contributed by atoms with van der Waals surface area (Å²) in [5.74, 6) is 0. The van der Waals surface area contributed by atoms with E-state index in [-0.39, 0.29) is 11.7 Å². The van der Waals surface area contributed by atoms with Gasteiger partial charge in [-0.2, -0.15) is 0 Å². The number of fused-ring (bicyclic) bond motifs is 1. The van der Waals surface area contributed by atoms with Crippen LogP contribution in [-0.2, 0) is 7.05 Å². The lowest BCUT2D eigenvalue weighted by Crippen LogP contribution is -2.28. The van der Waals surface area contributed by atoms with E-state index in [0.717, 1.165) is 11.0 Å². The molecule has 0 saturated heterocycles. The number of imidazole rings is 1. The van der Waals surface area contributed by atoms with E-state index in [1.165, 1.54) is 0 Å². The van der Waals surface area contributed by atoms with Crippen molar-refractivity contribution >= 4 is 11.0 Å². The molecule has 5 heteroatoms. The Morgan fingerprint density at radius 3 is 2.93 bits per heavy atom. The molecule has 5 nitrogen and oxygen atoms in total. The predicted molar refractivity (Wildman–Crippen MR) is 58.7 cm³/mol. The summed E-state index contributed by atoms with van der Waals surface area (Å²) in [5.41, 5.74) is 7.26. The van der Waals surface area contributed by atoms with E-state index in [1.54, 1.807) is 28.6 Å². The summed E-state index contributed by atoms with van der Waals surface area (Å²) in [4.78, 5) is 15.9. The molecule has 2 aromatic rings. The van der Waals surface area contributed by atoms with Gasteiger partial charge in [-0.1, -0.05) is 0 Å². The van der Waals surface area contributed by atoms with Crippen LogP contribution >= 0.6 is 0 Å². The fraction of sp³-hybridized carbons (Fsp3) is 0.400. The zero-order valence-corrected chi connectivity index (χ0v) is 8.84.